The van der Waals surface area contributed by atoms with E-state index in [0.29, 0.717) is 3.92 Å². The molecule has 0 aliphatic heterocycles. The van der Waals surface area contributed by atoms with E-state index in [2.05, 4.69) is 34.7 Å². The summed E-state index contributed by atoms with van der Waals surface area (Å²) in [6.45, 7) is 0. The molecule has 0 radical (unpaired) electrons. The van der Waals surface area contributed by atoms with Gasteiger partial charge in [-0.05, 0) is 42.5 Å². The summed E-state index contributed by atoms with van der Waals surface area (Å²) in [5.41, 5.74) is 2.94. The lowest BCUT2D eigenvalue weighted by molar-refractivity contribution is 0.689. The Hall–Kier alpha value is 0.240. The van der Waals surface area contributed by atoms with E-state index in [-0.39, 0.29) is 0 Å². The number of hydrogen-bond donors (Lipinski definition) is 0. The number of aryl methyl sites for hydroxylation is 1. The molecule has 64 valence electrons. The Bertz CT molecular complexity index is 296. The second-order valence-corrected chi connectivity index (χ2v) is 5.14. The molecule has 2 rings (SSSR count). The average molecular weight is 293 g/mol. The molecule has 0 fully saturated rings. The van der Waals surface area contributed by atoms with Crippen molar-refractivity contribution >= 4 is 34.2 Å². The minimum Gasteiger partial charge on any atom is -0.0843 e. The zero-order valence-corrected chi connectivity index (χ0v) is 9.60. The van der Waals surface area contributed by atoms with Gasteiger partial charge in [0.1, 0.15) is 0 Å². The first kappa shape index (κ1) is 8.82. The zero-order chi connectivity index (χ0) is 8.55. The first-order valence-electron chi connectivity index (χ1n) is 4.20. The van der Waals surface area contributed by atoms with Crippen LogP contribution in [0.5, 0.6) is 0 Å². The van der Waals surface area contributed by atoms with E-state index in [0.717, 1.165) is 5.02 Å². The third-order valence-corrected chi connectivity index (χ3v) is 3.88. The molecule has 12 heavy (non-hydrogen) atoms. The predicted octanol–water partition coefficient (Wildman–Crippen LogP) is 4.15. The van der Waals surface area contributed by atoms with Crippen LogP contribution >= 0.6 is 34.2 Å². The van der Waals surface area contributed by atoms with Crippen LogP contribution in [0.2, 0.25) is 5.02 Å². The maximum atomic E-state index is 5.94. The van der Waals surface area contributed by atoms with Gasteiger partial charge in [-0.25, -0.2) is 0 Å². The zero-order valence-electron chi connectivity index (χ0n) is 6.69. The SMILES string of the molecule is Clc1ccc2c(c1)[C@H](I)CCC2. The van der Waals surface area contributed by atoms with Gasteiger partial charge in [-0.2, -0.15) is 0 Å². The maximum absolute atomic E-state index is 5.94. The standard InChI is InChI=1S/C10H10ClI/c11-8-5-4-7-2-1-3-10(12)9(7)6-8/h4-6,10H,1-3H2/t10-/m1/s1. The van der Waals surface area contributed by atoms with E-state index in [1.807, 2.05) is 6.07 Å². The van der Waals surface area contributed by atoms with Gasteiger partial charge >= 0.3 is 0 Å². The molecule has 0 aromatic heterocycles. The van der Waals surface area contributed by atoms with Crippen LogP contribution < -0.4 is 0 Å². The van der Waals surface area contributed by atoms with Crippen LogP contribution in [0.1, 0.15) is 27.9 Å². The monoisotopic (exact) mass is 292 g/mol. The summed E-state index contributed by atoms with van der Waals surface area (Å²) in [7, 11) is 0. The Labute approximate surface area is 91.5 Å². The highest BCUT2D eigenvalue weighted by molar-refractivity contribution is 14.1. The molecule has 1 aromatic rings. The predicted molar refractivity (Wildman–Crippen MR) is 61.2 cm³/mol. The number of rotatable bonds is 0. The Kier molecular flexibility index (Phi) is 2.60. The third kappa shape index (κ3) is 1.62. The van der Waals surface area contributed by atoms with Gasteiger partial charge in [0.15, 0.2) is 0 Å². The van der Waals surface area contributed by atoms with Crippen LogP contribution in [-0.4, -0.2) is 0 Å². The van der Waals surface area contributed by atoms with Gasteiger partial charge in [0.25, 0.3) is 0 Å². The van der Waals surface area contributed by atoms with Crippen LogP contribution in [0.3, 0.4) is 0 Å². The summed E-state index contributed by atoms with van der Waals surface area (Å²) in [5, 5.41) is 0.873. The molecule has 0 amide bonds. The van der Waals surface area contributed by atoms with Crippen molar-refractivity contribution in [2.45, 2.75) is 23.2 Å². The van der Waals surface area contributed by atoms with E-state index in [1.54, 1.807) is 0 Å². The smallest absolute Gasteiger partial charge is 0.0409 e. The molecule has 1 aromatic carbocycles. The van der Waals surface area contributed by atoms with Gasteiger partial charge < -0.3 is 0 Å². The molecular formula is C10H10ClI. The molecule has 0 bridgehead atoms. The summed E-state index contributed by atoms with van der Waals surface area (Å²) in [6, 6.07) is 6.28. The van der Waals surface area contributed by atoms with E-state index in [1.165, 1.54) is 30.4 Å². The summed E-state index contributed by atoms with van der Waals surface area (Å²) in [5.74, 6) is 0. The van der Waals surface area contributed by atoms with Crippen LogP contribution in [0.4, 0.5) is 0 Å². The first-order chi connectivity index (χ1) is 5.77. The van der Waals surface area contributed by atoms with Crippen LogP contribution in [-0.2, 0) is 6.42 Å². The third-order valence-electron chi connectivity index (χ3n) is 2.35. The van der Waals surface area contributed by atoms with Crippen molar-refractivity contribution in [1.29, 1.82) is 0 Å². The summed E-state index contributed by atoms with van der Waals surface area (Å²) >= 11 is 8.44. The average Bonchev–Trinajstić information content (AvgIpc) is 2.07. The number of hydrogen-bond acceptors (Lipinski definition) is 0. The Morgan fingerprint density at radius 1 is 1.42 bits per heavy atom. The van der Waals surface area contributed by atoms with Crippen molar-refractivity contribution in [1.82, 2.24) is 0 Å². The molecule has 1 atom stereocenters. The molecular weight excluding hydrogens is 282 g/mol. The molecule has 2 heteroatoms. The van der Waals surface area contributed by atoms with E-state index in [4.69, 9.17) is 11.6 Å². The lowest BCUT2D eigenvalue weighted by Crippen LogP contribution is -2.04. The normalized spacial score (nSPS) is 22.0. The highest BCUT2D eigenvalue weighted by Crippen LogP contribution is 2.37. The van der Waals surface area contributed by atoms with Crippen molar-refractivity contribution in [3.63, 3.8) is 0 Å². The maximum Gasteiger partial charge on any atom is 0.0409 e. The fourth-order valence-corrected chi connectivity index (χ4v) is 2.91. The highest BCUT2D eigenvalue weighted by Gasteiger charge is 2.17. The first-order valence-corrected chi connectivity index (χ1v) is 5.82. The molecule has 1 aliphatic carbocycles. The van der Waals surface area contributed by atoms with E-state index >= 15 is 0 Å². The van der Waals surface area contributed by atoms with Crippen LogP contribution in [0.25, 0.3) is 0 Å². The number of halogens is 2. The topological polar surface area (TPSA) is 0 Å². The Morgan fingerprint density at radius 2 is 2.25 bits per heavy atom. The second-order valence-electron chi connectivity index (χ2n) is 3.20. The number of alkyl halides is 1. The molecule has 0 spiro atoms. The van der Waals surface area contributed by atoms with Crippen molar-refractivity contribution in [3.05, 3.63) is 34.3 Å². The van der Waals surface area contributed by atoms with E-state index < -0.39 is 0 Å². The quantitative estimate of drug-likeness (QED) is 0.498. The van der Waals surface area contributed by atoms with Crippen molar-refractivity contribution in [2.75, 3.05) is 0 Å². The van der Waals surface area contributed by atoms with E-state index in [9.17, 15) is 0 Å². The summed E-state index contributed by atoms with van der Waals surface area (Å²) in [4.78, 5) is 0. The van der Waals surface area contributed by atoms with Crippen LogP contribution in [0.15, 0.2) is 18.2 Å². The minimum absolute atomic E-state index is 0.671. The number of benzene rings is 1. The molecule has 0 saturated carbocycles. The van der Waals surface area contributed by atoms with Gasteiger partial charge in [-0.1, -0.05) is 40.3 Å². The van der Waals surface area contributed by atoms with Crippen molar-refractivity contribution in [3.8, 4) is 0 Å². The van der Waals surface area contributed by atoms with Crippen LogP contribution in [0, 0.1) is 0 Å². The molecule has 0 saturated heterocycles. The van der Waals surface area contributed by atoms with Gasteiger partial charge in [-0.15, -0.1) is 0 Å². The lowest BCUT2D eigenvalue weighted by Gasteiger charge is -2.20. The fraction of sp³-hybridized carbons (Fsp3) is 0.400. The minimum atomic E-state index is 0.671. The Balaban J connectivity index is 2.47. The van der Waals surface area contributed by atoms with Gasteiger partial charge in [0.05, 0.1) is 0 Å². The van der Waals surface area contributed by atoms with Crippen molar-refractivity contribution < 1.29 is 0 Å². The Morgan fingerprint density at radius 3 is 3.08 bits per heavy atom. The van der Waals surface area contributed by atoms with Crippen molar-refractivity contribution in [2.24, 2.45) is 0 Å². The molecule has 0 heterocycles. The second kappa shape index (κ2) is 3.54. The van der Waals surface area contributed by atoms with Gasteiger partial charge in [0, 0.05) is 8.95 Å². The summed E-state index contributed by atoms with van der Waals surface area (Å²) < 4.78 is 0.671. The largest absolute Gasteiger partial charge is 0.0843 e. The highest BCUT2D eigenvalue weighted by atomic mass is 127. The van der Waals surface area contributed by atoms with Gasteiger partial charge in [-0.3, -0.25) is 0 Å². The lowest BCUT2D eigenvalue weighted by atomic mass is 9.92. The fourth-order valence-electron chi connectivity index (χ4n) is 1.71. The molecule has 0 nitrogen and oxygen atoms in total. The number of fused-ring (bicyclic) bond motifs is 1. The summed E-state index contributed by atoms with van der Waals surface area (Å²) in [6.07, 6.45) is 3.85. The van der Waals surface area contributed by atoms with Gasteiger partial charge in [0.2, 0.25) is 0 Å². The molecule has 0 unspecified atom stereocenters. The molecule has 1 aliphatic rings. The molecule has 0 N–H and O–H groups in total.